The summed E-state index contributed by atoms with van der Waals surface area (Å²) in [5.41, 5.74) is 1.22. The Bertz CT molecular complexity index is 469. The van der Waals surface area contributed by atoms with Crippen LogP contribution in [0.1, 0.15) is 39.2 Å². The lowest BCUT2D eigenvalue weighted by Gasteiger charge is -2.15. The van der Waals surface area contributed by atoms with Crippen LogP contribution in [0.15, 0.2) is 24.3 Å². The molecule has 4 heteroatoms. The van der Waals surface area contributed by atoms with Crippen LogP contribution in [-0.4, -0.2) is 17.0 Å². The zero-order chi connectivity index (χ0) is 15.1. The highest BCUT2D eigenvalue weighted by molar-refractivity contribution is 5.92. The molecule has 1 amide bonds. The molecule has 0 aliphatic rings. The highest BCUT2D eigenvalue weighted by atomic mass is 16.4. The predicted molar refractivity (Wildman–Crippen MR) is 79.6 cm³/mol. The molecule has 0 bridgehead atoms. The summed E-state index contributed by atoms with van der Waals surface area (Å²) < 4.78 is 0. The molecule has 2 N–H and O–H groups in total. The number of carboxylic acids is 1. The lowest BCUT2D eigenvalue weighted by molar-refractivity contribution is -0.136. The van der Waals surface area contributed by atoms with Crippen molar-refractivity contribution < 1.29 is 14.7 Å². The summed E-state index contributed by atoms with van der Waals surface area (Å²) in [5.74, 6) is -0.0744. The molecule has 1 rings (SSSR count). The van der Waals surface area contributed by atoms with Crippen molar-refractivity contribution in [2.75, 3.05) is 5.32 Å². The molecule has 0 radical (unpaired) electrons. The summed E-state index contributed by atoms with van der Waals surface area (Å²) >= 11 is 0. The van der Waals surface area contributed by atoms with Gasteiger partial charge in [0.25, 0.3) is 0 Å². The normalized spacial score (nSPS) is 12.2. The number of amides is 1. The van der Waals surface area contributed by atoms with E-state index in [4.69, 9.17) is 5.11 Å². The largest absolute Gasteiger partial charge is 0.481 e. The number of nitrogens with one attached hydrogen (secondary N) is 1. The summed E-state index contributed by atoms with van der Waals surface area (Å²) in [7, 11) is 0. The third-order valence-corrected chi connectivity index (χ3v) is 3.04. The van der Waals surface area contributed by atoms with Crippen LogP contribution in [0, 0.1) is 11.8 Å². The molecular formula is C16H23NO3. The number of para-hydroxylation sites is 1. The molecule has 110 valence electrons. The topological polar surface area (TPSA) is 66.4 Å². The summed E-state index contributed by atoms with van der Waals surface area (Å²) in [6, 6.07) is 7.03. The summed E-state index contributed by atoms with van der Waals surface area (Å²) in [6.45, 7) is 6.33. The highest BCUT2D eigenvalue weighted by Gasteiger charge is 2.13. The van der Waals surface area contributed by atoms with E-state index in [-0.39, 0.29) is 12.3 Å². The minimum absolute atomic E-state index is 0.0593. The Morgan fingerprint density at radius 2 is 1.85 bits per heavy atom. The van der Waals surface area contributed by atoms with Crippen molar-refractivity contribution in [1.82, 2.24) is 0 Å². The van der Waals surface area contributed by atoms with E-state index in [1.807, 2.05) is 0 Å². The Labute approximate surface area is 120 Å². The maximum Gasteiger partial charge on any atom is 0.307 e. The van der Waals surface area contributed by atoms with E-state index in [0.29, 0.717) is 29.5 Å². The van der Waals surface area contributed by atoms with Crippen LogP contribution < -0.4 is 5.32 Å². The van der Waals surface area contributed by atoms with Gasteiger partial charge in [-0.2, -0.15) is 0 Å². The number of benzene rings is 1. The number of carboxylic acid groups (broad SMARTS) is 1. The smallest absolute Gasteiger partial charge is 0.307 e. The number of carbonyl (C=O) groups excluding carboxylic acids is 1. The first kappa shape index (κ1) is 16.2. The Morgan fingerprint density at radius 3 is 2.45 bits per heavy atom. The molecular weight excluding hydrogens is 254 g/mol. The van der Waals surface area contributed by atoms with Crippen molar-refractivity contribution >= 4 is 17.6 Å². The number of anilines is 1. The van der Waals surface area contributed by atoms with E-state index in [0.717, 1.165) is 6.42 Å². The number of hydrogen-bond acceptors (Lipinski definition) is 2. The van der Waals surface area contributed by atoms with Crippen LogP contribution >= 0.6 is 0 Å². The second kappa shape index (κ2) is 7.68. The van der Waals surface area contributed by atoms with Crippen LogP contribution in [0.3, 0.4) is 0 Å². The maximum absolute atomic E-state index is 12.0. The van der Waals surface area contributed by atoms with Crippen molar-refractivity contribution in [3.8, 4) is 0 Å². The summed E-state index contributed by atoms with van der Waals surface area (Å²) in [5, 5.41) is 11.7. The molecule has 1 aromatic carbocycles. The lowest BCUT2D eigenvalue weighted by atomic mass is 9.95. The minimum atomic E-state index is -0.903. The molecule has 1 aromatic rings. The quantitative estimate of drug-likeness (QED) is 0.803. The van der Waals surface area contributed by atoms with Gasteiger partial charge >= 0.3 is 5.97 Å². The van der Waals surface area contributed by atoms with Crippen molar-refractivity contribution in [1.29, 1.82) is 0 Å². The van der Waals surface area contributed by atoms with E-state index in [1.54, 1.807) is 24.3 Å². The molecule has 0 aromatic heterocycles. The van der Waals surface area contributed by atoms with E-state index >= 15 is 0 Å². The van der Waals surface area contributed by atoms with Gasteiger partial charge in [0.2, 0.25) is 5.91 Å². The fraction of sp³-hybridized carbons (Fsp3) is 0.500. The van der Waals surface area contributed by atoms with Crippen molar-refractivity contribution in [3.05, 3.63) is 29.8 Å². The molecule has 0 spiro atoms. The van der Waals surface area contributed by atoms with Crippen LogP contribution in [0.2, 0.25) is 0 Å². The van der Waals surface area contributed by atoms with Crippen LogP contribution in [0.25, 0.3) is 0 Å². The number of carbonyl (C=O) groups is 2. The van der Waals surface area contributed by atoms with Gasteiger partial charge in [-0.05, 0) is 29.9 Å². The SMILES string of the molecule is CC(C)CC(C)CC(=O)Nc1ccccc1CC(=O)O. The van der Waals surface area contributed by atoms with E-state index in [9.17, 15) is 9.59 Å². The molecule has 0 fully saturated rings. The van der Waals surface area contributed by atoms with Gasteiger partial charge in [-0.25, -0.2) is 0 Å². The van der Waals surface area contributed by atoms with Crippen LogP contribution in [0.4, 0.5) is 5.69 Å². The van der Waals surface area contributed by atoms with E-state index in [1.165, 1.54) is 0 Å². The lowest BCUT2D eigenvalue weighted by Crippen LogP contribution is -2.17. The highest BCUT2D eigenvalue weighted by Crippen LogP contribution is 2.19. The predicted octanol–water partition coefficient (Wildman–Crippen LogP) is 3.32. The number of hydrogen-bond donors (Lipinski definition) is 2. The van der Waals surface area contributed by atoms with Gasteiger partial charge in [0.1, 0.15) is 0 Å². The Morgan fingerprint density at radius 1 is 1.20 bits per heavy atom. The van der Waals surface area contributed by atoms with Gasteiger partial charge in [-0.3, -0.25) is 9.59 Å². The Hall–Kier alpha value is -1.84. The first-order valence-electron chi connectivity index (χ1n) is 6.98. The van der Waals surface area contributed by atoms with Gasteiger partial charge < -0.3 is 10.4 Å². The van der Waals surface area contributed by atoms with Gasteiger partial charge in [0.15, 0.2) is 0 Å². The number of aliphatic carboxylic acids is 1. The Balaban J connectivity index is 2.64. The average molecular weight is 277 g/mol. The first-order valence-corrected chi connectivity index (χ1v) is 6.98. The van der Waals surface area contributed by atoms with Crippen molar-refractivity contribution in [2.24, 2.45) is 11.8 Å². The standard InChI is InChI=1S/C16H23NO3/c1-11(2)8-12(3)9-15(18)17-14-7-5-4-6-13(14)10-16(19)20/h4-7,11-12H,8-10H2,1-3H3,(H,17,18)(H,19,20). The third kappa shape index (κ3) is 5.87. The molecule has 0 saturated heterocycles. The molecule has 0 saturated carbocycles. The molecule has 0 aliphatic carbocycles. The fourth-order valence-corrected chi connectivity index (χ4v) is 2.37. The second-order valence-electron chi connectivity index (χ2n) is 5.71. The van der Waals surface area contributed by atoms with Gasteiger partial charge in [0.05, 0.1) is 6.42 Å². The molecule has 1 unspecified atom stereocenters. The summed E-state index contributed by atoms with van der Waals surface area (Å²) in [4.78, 5) is 22.8. The molecule has 4 nitrogen and oxygen atoms in total. The van der Waals surface area contributed by atoms with Gasteiger partial charge in [-0.1, -0.05) is 39.0 Å². The van der Waals surface area contributed by atoms with Crippen molar-refractivity contribution in [2.45, 2.75) is 40.0 Å². The number of rotatable bonds is 7. The second-order valence-corrected chi connectivity index (χ2v) is 5.71. The first-order chi connectivity index (χ1) is 9.38. The minimum Gasteiger partial charge on any atom is -0.481 e. The Kier molecular flexibility index (Phi) is 6.22. The zero-order valence-electron chi connectivity index (χ0n) is 12.3. The average Bonchev–Trinajstić information content (AvgIpc) is 2.29. The monoisotopic (exact) mass is 277 g/mol. The molecule has 1 atom stereocenters. The zero-order valence-corrected chi connectivity index (χ0v) is 12.3. The van der Waals surface area contributed by atoms with Gasteiger partial charge in [-0.15, -0.1) is 0 Å². The molecule has 20 heavy (non-hydrogen) atoms. The maximum atomic E-state index is 12.0. The van der Waals surface area contributed by atoms with E-state index in [2.05, 4.69) is 26.1 Å². The third-order valence-electron chi connectivity index (χ3n) is 3.04. The molecule has 0 heterocycles. The summed E-state index contributed by atoms with van der Waals surface area (Å²) in [6.07, 6.45) is 1.38. The van der Waals surface area contributed by atoms with E-state index < -0.39 is 5.97 Å². The van der Waals surface area contributed by atoms with Crippen molar-refractivity contribution in [3.63, 3.8) is 0 Å². The van der Waals surface area contributed by atoms with Crippen LogP contribution in [-0.2, 0) is 16.0 Å². The van der Waals surface area contributed by atoms with Gasteiger partial charge in [0, 0.05) is 12.1 Å². The van der Waals surface area contributed by atoms with Crippen LogP contribution in [0.5, 0.6) is 0 Å². The fourth-order valence-electron chi connectivity index (χ4n) is 2.37. The molecule has 0 aliphatic heterocycles.